The number of amides is 5. The van der Waals surface area contributed by atoms with E-state index in [1.807, 2.05) is 41.5 Å². The van der Waals surface area contributed by atoms with Crippen LogP contribution >= 0.6 is 0 Å². The van der Waals surface area contributed by atoms with Gasteiger partial charge in [-0.25, -0.2) is 0 Å². The minimum Gasteiger partial charge on any atom is -0.481 e. The third kappa shape index (κ3) is 17.8. The van der Waals surface area contributed by atoms with Gasteiger partial charge in [-0.15, -0.1) is 0 Å². The zero-order valence-electron chi connectivity index (χ0n) is 30.8. The van der Waals surface area contributed by atoms with Crippen LogP contribution in [0.15, 0.2) is 0 Å². The molecule has 48 heavy (non-hydrogen) atoms. The molecule has 0 saturated heterocycles. The Kier molecular flexibility index (Phi) is 20.2. The molecule has 0 radical (unpaired) electrons. The Labute approximate surface area is 286 Å². The number of aliphatic hydroxyl groups excluding tert-OH is 2. The molecule has 0 bridgehead atoms. The summed E-state index contributed by atoms with van der Waals surface area (Å²) in [5.74, 6) is -4.25. The van der Waals surface area contributed by atoms with Crippen molar-refractivity contribution in [3.05, 3.63) is 0 Å². The van der Waals surface area contributed by atoms with Gasteiger partial charge in [0, 0.05) is 6.42 Å². The van der Waals surface area contributed by atoms with E-state index in [1.165, 1.54) is 6.92 Å². The first-order chi connectivity index (χ1) is 22.0. The lowest BCUT2D eigenvalue weighted by molar-refractivity contribution is -0.140. The van der Waals surface area contributed by atoms with E-state index in [9.17, 15) is 39.0 Å². The zero-order valence-corrected chi connectivity index (χ0v) is 30.8. The van der Waals surface area contributed by atoms with Crippen molar-refractivity contribution >= 4 is 35.5 Å². The lowest BCUT2D eigenvalue weighted by atomic mass is 9.95. The van der Waals surface area contributed by atoms with Gasteiger partial charge in [-0.3, -0.25) is 28.8 Å². The SMILES string of the molecule is CC(C)CC(=O)N[C@@H](C(=O)NC(C(=O)NC(CC(C)C)[C@H](O)CC(=O)NC(C)C(=O)N[C@H](CC(C)C)[C@H](O)CC(=O)O)C(C)C)C(C)C. The highest BCUT2D eigenvalue weighted by atomic mass is 16.4. The number of aliphatic hydroxyl groups is 2. The number of carbonyl (C=O) groups is 6. The zero-order chi connectivity index (χ0) is 37.5. The number of hydrogen-bond acceptors (Lipinski definition) is 8. The van der Waals surface area contributed by atoms with Gasteiger partial charge in [0.2, 0.25) is 29.5 Å². The van der Waals surface area contributed by atoms with Crippen LogP contribution in [0.3, 0.4) is 0 Å². The molecule has 5 amide bonds. The first kappa shape index (κ1) is 44.7. The Balaban J connectivity index is 5.60. The van der Waals surface area contributed by atoms with Crippen molar-refractivity contribution in [2.75, 3.05) is 0 Å². The second-order valence-electron chi connectivity index (χ2n) is 14.8. The molecule has 0 aliphatic carbocycles. The van der Waals surface area contributed by atoms with Gasteiger partial charge in [0.15, 0.2) is 0 Å². The summed E-state index contributed by atoms with van der Waals surface area (Å²) in [6.07, 6.45) is -2.76. The molecule has 14 heteroatoms. The number of carbonyl (C=O) groups excluding carboxylic acids is 5. The molecule has 8 N–H and O–H groups in total. The normalized spacial score (nSPS) is 16.1. The monoisotopic (exact) mass is 685 g/mol. The van der Waals surface area contributed by atoms with Crippen molar-refractivity contribution in [3.63, 3.8) is 0 Å². The number of nitrogens with one attached hydrogen (secondary N) is 5. The van der Waals surface area contributed by atoms with E-state index in [4.69, 9.17) is 5.11 Å². The molecule has 7 atom stereocenters. The molecule has 0 aromatic heterocycles. The number of hydrogen-bond donors (Lipinski definition) is 8. The molecule has 0 spiro atoms. The average molecular weight is 686 g/mol. The van der Waals surface area contributed by atoms with Crippen molar-refractivity contribution in [1.29, 1.82) is 0 Å². The molecule has 0 aliphatic rings. The topological polar surface area (TPSA) is 223 Å². The van der Waals surface area contributed by atoms with Crippen molar-refractivity contribution < 1.29 is 44.1 Å². The first-order valence-corrected chi connectivity index (χ1v) is 17.1. The third-order valence-corrected chi connectivity index (χ3v) is 7.69. The van der Waals surface area contributed by atoms with Crippen molar-refractivity contribution in [1.82, 2.24) is 26.6 Å². The lowest BCUT2D eigenvalue weighted by Gasteiger charge is -2.31. The van der Waals surface area contributed by atoms with Crippen LogP contribution in [0.1, 0.15) is 108 Å². The van der Waals surface area contributed by atoms with Crippen molar-refractivity contribution in [3.8, 4) is 0 Å². The van der Waals surface area contributed by atoms with Crippen molar-refractivity contribution in [2.45, 2.75) is 151 Å². The van der Waals surface area contributed by atoms with Gasteiger partial charge in [0.25, 0.3) is 0 Å². The average Bonchev–Trinajstić information content (AvgIpc) is 2.91. The molecule has 0 aromatic carbocycles. The minimum absolute atomic E-state index is 0.0152. The molecule has 0 rings (SSSR count). The Bertz CT molecular complexity index is 1060. The number of aliphatic carboxylic acids is 1. The third-order valence-electron chi connectivity index (χ3n) is 7.69. The first-order valence-electron chi connectivity index (χ1n) is 17.1. The Morgan fingerprint density at radius 3 is 1.29 bits per heavy atom. The molecule has 0 fully saturated rings. The van der Waals surface area contributed by atoms with Crippen LogP contribution < -0.4 is 26.6 Å². The molecule has 0 aliphatic heterocycles. The van der Waals surface area contributed by atoms with Crippen LogP contribution in [-0.4, -0.2) is 93.2 Å². The van der Waals surface area contributed by atoms with E-state index < -0.39 is 84.9 Å². The van der Waals surface area contributed by atoms with Gasteiger partial charge in [-0.1, -0.05) is 69.2 Å². The molecule has 0 aromatic rings. The van der Waals surface area contributed by atoms with Gasteiger partial charge in [-0.2, -0.15) is 0 Å². The van der Waals surface area contributed by atoms with E-state index >= 15 is 0 Å². The smallest absolute Gasteiger partial charge is 0.306 e. The van der Waals surface area contributed by atoms with E-state index in [0.29, 0.717) is 12.8 Å². The van der Waals surface area contributed by atoms with Crippen LogP contribution in [0.2, 0.25) is 0 Å². The second kappa shape index (κ2) is 21.7. The van der Waals surface area contributed by atoms with Crippen LogP contribution in [0.5, 0.6) is 0 Å². The highest BCUT2D eigenvalue weighted by molar-refractivity contribution is 5.92. The molecular formula is C34H63N5O9. The summed E-state index contributed by atoms with van der Waals surface area (Å²) in [6, 6.07) is -4.61. The summed E-state index contributed by atoms with van der Waals surface area (Å²) < 4.78 is 0. The quantitative estimate of drug-likeness (QED) is 0.0825. The fraction of sp³-hybridized carbons (Fsp3) is 0.824. The highest BCUT2D eigenvalue weighted by Crippen LogP contribution is 2.15. The Hall–Kier alpha value is -3.26. The predicted octanol–water partition coefficient (Wildman–Crippen LogP) is 1.47. The molecule has 278 valence electrons. The summed E-state index contributed by atoms with van der Waals surface area (Å²) in [7, 11) is 0. The van der Waals surface area contributed by atoms with E-state index in [0.717, 1.165) is 0 Å². The van der Waals surface area contributed by atoms with Crippen LogP contribution in [-0.2, 0) is 28.8 Å². The van der Waals surface area contributed by atoms with Gasteiger partial charge in [-0.05, 0) is 49.4 Å². The predicted molar refractivity (Wildman–Crippen MR) is 182 cm³/mol. The van der Waals surface area contributed by atoms with Crippen LogP contribution in [0.4, 0.5) is 0 Å². The van der Waals surface area contributed by atoms with E-state index in [1.54, 1.807) is 27.7 Å². The fourth-order valence-corrected chi connectivity index (χ4v) is 5.16. The maximum Gasteiger partial charge on any atom is 0.306 e. The van der Waals surface area contributed by atoms with Gasteiger partial charge in [0.1, 0.15) is 18.1 Å². The molecule has 3 unspecified atom stereocenters. The summed E-state index contributed by atoms with van der Waals surface area (Å²) >= 11 is 0. The van der Waals surface area contributed by atoms with Crippen molar-refractivity contribution in [2.24, 2.45) is 29.6 Å². The molecule has 0 heterocycles. The molecule has 0 saturated carbocycles. The number of carboxylic acids is 1. The minimum atomic E-state index is -1.33. The summed E-state index contributed by atoms with van der Waals surface area (Å²) in [6.45, 7) is 19.8. The summed E-state index contributed by atoms with van der Waals surface area (Å²) in [4.78, 5) is 75.9. The maximum absolute atomic E-state index is 13.5. The van der Waals surface area contributed by atoms with Gasteiger partial charge >= 0.3 is 5.97 Å². The van der Waals surface area contributed by atoms with Gasteiger partial charge in [0.05, 0.1) is 37.1 Å². The summed E-state index contributed by atoms with van der Waals surface area (Å²) in [5, 5.41) is 43.9. The van der Waals surface area contributed by atoms with E-state index in [-0.39, 0.29) is 41.9 Å². The van der Waals surface area contributed by atoms with Crippen LogP contribution in [0, 0.1) is 29.6 Å². The lowest BCUT2D eigenvalue weighted by Crippen LogP contribution is -2.59. The molecular weight excluding hydrogens is 622 g/mol. The Morgan fingerprint density at radius 1 is 0.479 bits per heavy atom. The highest BCUT2D eigenvalue weighted by Gasteiger charge is 2.34. The largest absolute Gasteiger partial charge is 0.481 e. The Morgan fingerprint density at radius 2 is 0.875 bits per heavy atom. The molecule has 14 nitrogen and oxygen atoms in total. The van der Waals surface area contributed by atoms with Crippen LogP contribution in [0.25, 0.3) is 0 Å². The maximum atomic E-state index is 13.5. The summed E-state index contributed by atoms with van der Waals surface area (Å²) in [5.41, 5.74) is 0. The number of carboxylic acid groups (broad SMARTS) is 1. The number of rotatable bonds is 22. The fourth-order valence-electron chi connectivity index (χ4n) is 5.16. The second-order valence-corrected chi connectivity index (χ2v) is 14.8. The van der Waals surface area contributed by atoms with E-state index in [2.05, 4.69) is 26.6 Å². The van der Waals surface area contributed by atoms with Gasteiger partial charge < -0.3 is 41.9 Å². The standard InChI is InChI=1S/C34H63N5O9/c1-17(2)12-23(37-33(47)31(21(9)10)39-34(48)30(20(7)8)38-27(42)14-19(5)6)25(40)15-28(43)35-22(11)32(46)36-24(13-18(3)4)26(41)16-29(44)45/h17-26,30-31,40-41H,12-16H2,1-11H3,(H,35,43)(H,36,46)(H,37,47)(H,38,42)(H,39,48)(H,44,45)/t22?,23?,24-,25-,26-,30-,31?/m1/s1.